The lowest BCUT2D eigenvalue weighted by Gasteiger charge is -2.04. The molecule has 3 nitrogen and oxygen atoms in total. The van der Waals surface area contributed by atoms with Gasteiger partial charge in [0, 0.05) is 26.0 Å². The van der Waals surface area contributed by atoms with Gasteiger partial charge in [-0.15, -0.1) is 12.3 Å². The SMILES string of the molecule is C#CCCCCNC(=O)CCCCCCO. The Morgan fingerprint density at radius 3 is 2.56 bits per heavy atom. The Morgan fingerprint density at radius 1 is 1.12 bits per heavy atom. The summed E-state index contributed by atoms with van der Waals surface area (Å²) in [7, 11) is 0. The summed E-state index contributed by atoms with van der Waals surface area (Å²) < 4.78 is 0. The number of terminal acetylenes is 1. The second-order valence-electron chi connectivity index (χ2n) is 3.90. The summed E-state index contributed by atoms with van der Waals surface area (Å²) in [5.74, 6) is 2.71. The summed E-state index contributed by atoms with van der Waals surface area (Å²) in [6.45, 7) is 0.985. The van der Waals surface area contributed by atoms with Gasteiger partial charge >= 0.3 is 0 Å². The lowest BCUT2D eigenvalue weighted by Crippen LogP contribution is -2.23. The Bertz CT molecular complexity index is 208. The number of hydrogen-bond acceptors (Lipinski definition) is 2. The van der Waals surface area contributed by atoms with Crippen molar-refractivity contribution in [2.45, 2.75) is 51.4 Å². The van der Waals surface area contributed by atoms with Gasteiger partial charge in [0.1, 0.15) is 0 Å². The molecule has 0 aromatic rings. The number of carbonyl (C=O) groups is 1. The molecule has 0 aromatic carbocycles. The van der Waals surface area contributed by atoms with Crippen LogP contribution >= 0.6 is 0 Å². The first kappa shape index (κ1) is 15.0. The van der Waals surface area contributed by atoms with E-state index in [9.17, 15) is 4.79 Å². The molecule has 0 bridgehead atoms. The number of amides is 1. The van der Waals surface area contributed by atoms with Crippen LogP contribution in [0.3, 0.4) is 0 Å². The standard InChI is InChI=1S/C13H23NO2/c1-2-3-4-8-11-14-13(16)10-7-5-6-9-12-15/h1,15H,3-12H2,(H,14,16). The molecule has 0 spiro atoms. The number of aliphatic hydroxyl groups is 1. The van der Waals surface area contributed by atoms with Gasteiger partial charge in [-0.2, -0.15) is 0 Å². The summed E-state index contributed by atoms with van der Waals surface area (Å²) in [5, 5.41) is 11.4. The third-order valence-corrected chi connectivity index (χ3v) is 2.38. The van der Waals surface area contributed by atoms with Crippen LogP contribution in [0.25, 0.3) is 0 Å². The smallest absolute Gasteiger partial charge is 0.219 e. The first-order valence-corrected chi connectivity index (χ1v) is 6.12. The van der Waals surface area contributed by atoms with Crippen LogP contribution in [-0.2, 0) is 4.79 Å². The van der Waals surface area contributed by atoms with Crippen molar-refractivity contribution in [1.29, 1.82) is 0 Å². The number of nitrogens with one attached hydrogen (secondary N) is 1. The summed E-state index contributed by atoms with van der Waals surface area (Å²) in [5.41, 5.74) is 0. The summed E-state index contributed by atoms with van der Waals surface area (Å²) >= 11 is 0. The number of hydrogen-bond donors (Lipinski definition) is 2. The number of rotatable bonds is 10. The Labute approximate surface area is 98.6 Å². The van der Waals surface area contributed by atoms with Gasteiger partial charge in [-0.05, 0) is 25.7 Å². The molecular formula is C13H23NO2. The molecule has 0 aliphatic carbocycles. The molecule has 92 valence electrons. The number of aliphatic hydroxyl groups excluding tert-OH is 1. The molecule has 0 saturated carbocycles. The zero-order valence-corrected chi connectivity index (χ0v) is 10.0. The number of carbonyl (C=O) groups excluding carboxylic acids is 1. The van der Waals surface area contributed by atoms with Crippen molar-refractivity contribution in [3.8, 4) is 12.3 Å². The highest BCUT2D eigenvalue weighted by atomic mass is 16.2. The summed E-state index contributed by atoms with van der Waals surface area (Å²) in [4.78, 5) is 11.3. The van der Waals surface area contributed by atoms with Crippen molar-refractivity contribution in [2.24, 2.45) is 0 Å². The Kier molecular flexibility index (Phi) is 11.3. The van der Waals surface area contributed by atoms with Crippen LogP contribution in [0.4, 0.5) is 0 Å². The Hall–Kier alpha value is -1.01. The van der Waals surface area contributed by atoms with Gasteiger partial charge in [0.2, 0.25) is 5.91 Å². The van der Waals surface area contributed by atoms with E-state index in [0.29, 0.717) is 6.42 Å². The molecule has 2 N–H and O–H groups in total. The van der Waals surface area contributed by atoms with Gasteiger partial charge in [-0.3, -0.25) is 4.79 Å². The van der Waals surface area contributed by atoms with Crippen LogP contribution < -0.4 is 5.32 Å². The van der Waals surface area contributed by atoms with E-state index >= 15 is 0 Å². The van der Waals surface area contributed by atoms with Crippen molar-refractivity contribution in [1.82, 2.24) is 5.32 Å². The largest absolute Gasteiger partial charge is 0.396 e. The molecule has 0 aromatic heterocycles. The molecule has 0 heterocycles. The number of unbranched alkanes of at least 4 members (excludes halogenated alkanes) is 5. The highest BCUT2D eigenvalue weighted by molar-refractivity contribution is 5.75. The van der Waals surface area contributed by atoms with Crippen LogP contribution in [0.5, 0.6) is 0 Å². The average Bonchev–Trinajstić information content (AvgIpc) is 2.28. The minimum atomic E-state index is 0.129. The highest BCUT2D eigenvalue weighted by Gasteiger charge is 1.99. The van der Waals surface area contributed by atoms with Gasteiger partial charge in [-0.25, -0.2) is 0 Å². The average molecular weight is 225 g/mol. The fourth-order valence-electron chi connectivity index (χ4n) is 1.42. The summed E-state index contributed by atoms with van der Waals surface area (Å²) in [6.07, 6.45) is 12.2. The molecule has 16 heavy (non-hydrogen) atoms. The van der Waals surface area contributed by atoms with E-state index in [1.165, 1.54) is 0 Å². The zero-order valence-electron chi connectivity index (χ0n) is 10.0. The first-order chi connectivity index (χ1) is 7.81. The monoisotopic (exact) mass is 225 g/mol. The van der Waals surface area contributed by atoms with Crippen molar-refractivity contribution >= 4 is 5.91 Å². The normalized spacial score (nSPS) is 9.75. The van der Waals surface area contributed by atoms with E-state index in [2.05, 4.69) is 11.2 Å². The lowest BCUT2D eigenvalue weighted by molar-refractivity contribution is -0.121. The van der Waals surface area contributed by atoms with Crippen LogP contribution in [0, 0.1) is 12.3 Å². The second kappa shape index (κ2) is 12.1. The molecule has 0 radical (unpaired) electrons. The fraction of sp³-hybridized carbons (Fsp3) is 0.769. The van der Waals surface area contributed by atoms with Gasteiger partial charge in [-0.1, -0.05) is 12.8 Å². The fourth-order valence-corrected chi connectivity index (χ4v) is 1.42. The van der Waals surface area contributed by atoms with E-state index in [4.69, 9.17) is 11.5 Å². The van der Waals surface area contributed by atoms with E-state index in [-0.39, 0.29) is 12.5 Å². The molecule has 0 aliphatic heterocycles. The van der Waals surface area contributed by atoms with Gasteiger partial charge in [0.25, 0.3) is 0 Å². The van der Waals surface area contributed by atoms with Gasteiger partial charge < -0.3 is 10.4 Å². The third-order valence-electron chi connectivity index (χ3n) is 2.38. The molecule has 0 atom stereocenters. The Morgan fingerprint density at radius 2 is 1.88 bits per heavy atom. The summed E-state index contributed by atoms with van der Waals surface area (Å²) in [6, 6.07) is 0. The Balaban J connectivity index is 3.16. The van der Waals surface area contributed by atoms with Crippen LogP contribution in [0.15, 0.2) is 0 Å². The van der Waals surface area contributed by atoms with Gasteiger partial charge in [0.05, 0.1) is 0 Å². The van der Waals surface area contributed by atoms with E-state index in [1.807, 2.05) is 0 Å². The zero-order chi connectivity index (χ0) is 12.1. The quantitative estimate of drug-likeness (QED) is 0.440. The van der Waals surface area contributed by atoms with Crippen molar-refractivity contribution < 1.29 is 9.90 Å². The molecule has 0 fully saturated rings. The maximum Gasteiger partial charge on any atom is 0.219 e. The topological polar surface area (TPSA) is 49.3 Å². The molecule has 0 aliphatic rings. The van der Waals surface area contributed by atoms with Crippen molar-refractivity contribution in [3.63, 3.8) is 0 Å². The third kappa shape index (κ3) is 11.1. The maximum absolute atomic E-state index is 11.3. The molecule has 0 unspecified atom stereocenters. The molecule has 1 amide bonds. The van der Waals surface area contributed by atoms with E-state index in [1.54, 1.807) is 0 Å². The first-order valence-electron chi connectivity index (χ1n) is 6.12. The minimum absolute atomic E-state index is 0.129. The predicted octanol–water partition coefficient (Wildman–Crippen LogP) is 1.85. The molecule has 3 heteroatoms. The molecule has 0 saturated heterocycles. The molecular weight excluding hydrogens is 202 g/mol. The van der Waals surface area contributed by atoms with E-state index < -0.39 is 0 Å². The van der Waals surface area contributed by atoms with Crippen molar-refractivity contribution in [2.75, 3.05) is 13.2 Å². The lowest BCUT2D eigenvalue weighted by atomic mass is 10.1. The molecule has 0 rings (SSSR count). The van der Waals surface area contributed by atoms with Crippen LogP contribution in [0.2, 0.25) is 0 Å². The second-order valence-corrected chi connectivity index (χ2v) is 3.90. The van der Waals surface area contributed by atoms with Crippen LogP contribution in [0.1, 0.15) is 51.4 Å². The predicted molar refractivity (Wildman–Crippen MR) is 65.9 cm³/mol. The van der Waals surface area contributed by atoms with Gasteiger partial charge in [0.15, 0.2) is 0 Å². The van der Waals surface area contributed by atoms with E-state index in [0.717, 1.165) is 51.5 Å². The van der Waals surface area contributed by atoms with Crippen LogP contribution in [-0.4, -0.2) is 24.2 Å². The highest BCUT2D eigenvalue weighted by Crippen LogP contribution is 2.02. The van der Waals surface area contributed by atoms with Crippen molar-refractivity contribution in [3.05, 3.63) is 0 Å². The maximum atomic E-state index is 11.3. The minimum Gasteiger partial charge on any atom is -0.396 e.